The van der Waals surface area contributed by atoms with Crippen molar-refractivity contribution < 1.29 is 9.53 Å². The fourth-order valence-electron chi connectivity index (χ4n) is 3.33. The number of amides is 1. The Morgan fingerprint density at radius 2 is 1.85 bits per heavy atom. The van der Waals surface area contributed by atoms with Gasteiger partial charge >= 0.3 is 0 Å². The van der Waals surface area contributed by atoms with E-state index in [2.05, 4.69) is 36.4 Å². The summed E-state index contributed by atoms with van der Waals surface area (Å²) >= 11 is 0. The van der Waals surface area contributed by atoms with Gasteiger partial charge in [-0.25, -0.2) is 4.68 Å². The first-order valence-corrected chi connectivity index (χ1v) is 9.69. The number of rotatable bonds is 6. The van der Waals surface area contributed by atoms with Crippen LogP contribution in [-0.4, -0.2) is 21.7 Å². The van der Waals surface area contributed by atoms with E-state index in [9.17, 15) is 4.79 Å². The summed E-state index contributed by atoms with van der Waals surface area (Å²) in [5.74, 6) is 1.22. The predicted molar refractivity (Wildman–Crippen MR) is 102 cm³/mol. The monoisotopic (exact) mass is 355 g/mol. The summed E-state index contributed by atoms with van der Waals surface area (Å²) in [6, 6.07) is 10.1. The first-order valence-electron chi connectivity index (χ1n) is 9.69. The summed E-state index contributed by atoms with van der Waals surface area (Å²) in [6.07, 6.45) is 8.87. The zero-order valence-electron chi connectivity index (χ0n) is 15.8. The molecule has 0 saturated heterocycles. The van der Waals surface area contributed by atoms with E-state index < -0.39 is 0 Å². The lowest BCUT2D eigenvalue weighted by Crippen LogP contribution is -2.34. The second-order valence-electron chi connectivity index (χ2n) is 7.40. The molecule has 0 spiro atoms. The van der Waals surface area contributed by atoms with Crippen LogP contribution >= 0.6 is 0 Å². The van der Waals surface area contributed by atoms with Crippen LogP contribution in [0.3, 0.4) is 0 Å². The van der Waals surface area contributed by atoms with Crippen LogP contribution in [0.1, 0.15) is 74.3 Å². The molecule has 0 unspecified atom stereocenters. The molecule has 1 aliphatic rings. The Bertz CT molecular complexity index is 698. The minimum atomic E-state index is -0.0862. The van der Waals surface area contributed by atoms with Gasteiger partial charge in [0.15, 0.2) is 6.73 Å². The fourth-order valence-corrected chi connectivity index (χ4v) is 3.33. The van der Waals surface area contributed by atoms with Crippen molar-refractivity contribution >= 4 is 5.91 Å². The van der Waals surface area contributed by atoms with Gasteiger partial charge in [-0.05, 0) is 42.5 Å². The molecular weight excluding hydrogens is 326 g/mol. The molecule has 0 atom stereocenters. The molecule has 1 saturated carbocycles. The largest absolute Gasteiger partial charge is 0.471 e. The number of nitrogens with one attached hydrogen (secondary N) is 1. The van der Waals surface area contributed by atoms with E-state index in [4.69, 9.17) is 4.74 Å². The number of benzene rings is 1. The molecule has 0 aliphatic heterocycles. The van der Waals surface area contributed by atoms with Crippen molar-refractivity contribution in [3.63, 3.8) is 0 Å². The van der Waals surface area contributed by atoms with Gasteiger partial charge in [0, 0.05) is 12.2 Å². The maximum absolute atomic E-state index is 12.4. The summed E-state index contributed by atoms with van der Waals surface area (Å²) in [5.41, 5.74) is 1.74. The molecule has 3 rings (SSSR count). The molecule has 1 heterocycles. The molecule has 1 N–H and O–H groups in total. The Kier molecular flexibility index (Phi) is 6.31. The lowest BCUT2D eigenvalue weighted by atomic mass is 10.0. The van der Waals surface area contributed by atoms with Gasteiger partial charge in [0.25, 0.3) is 5.91 Å². The first-order chi connectivity index (χ1) is 12.6. The minimum Gasteiger partial charge on any atom is -0.471 e. The van der Waals surface area contributed by atoms with E-state index in [0.29, 0.717) is 11.6 Å². The van der Waals surface area contributed by atoms with Crippen LogP contribution in [0.4, 0.5) is 0 Å². The van der Waals surface area contributed by atoms with Crippen molar-refractivity contribution in [1.82, 2.24) is 15.1 Å². The molecule has 5 nitrogen and oxygen atoms in total. The molecule has 0 bridgehead atoms. The van der Waals surface area contributed by atoms with Crippen molar-refractivity contribution in [3.05, 3.63) is 47.8 Å². The van der Waals surface area contributed by atoms with Gasteiger partial charge in [-0.2, -0.15) is 5.10 Å². The highest BCUT2D eigenvalue weighted by atomic mass is 16.5. The number of hydrogen-bond donors (Lipinski definition) is 1. The highest BCUT2D eigenvalue weighted by Crippen LogP contribution is 2.19. The molecule has 0 radical (unpaired) electrons. The molecule has 140 valence electrons. The van der Waals surface area contributed by atoms with Crippen LogP contribution in [0.2, 0.25) is 0 Å². The topological polar surface area (TPSA) is 56.1 Å². The third kappa shape index (κ3) is 5.10. The Morgan fingerprint density at radius 1 is 1.15 bits per heavy atom. The molecule has 1 aromatic heterocycles. The zero-order chi connectivity index (χ0) is 18.4. The van der Waals surface area contributed by atoms with Crippen LogP contribution in [0.5, 0.6) is 5.75 Å². The smallest absolute Gasteiger partial charge is 0.271 e. The van der Waals surface area contributed by atoms with Crippen molar-refractivity contribution in [2.45, 2.75) is 71.1 Å². The van der Waals surface area contributed by atoms with E-state index >= 15 is 0 Å². The van der Waals surface area contributed by atoms with Gasteiger partial charge in [0.2, 0.25) is 0 Å². The Balaban J connectivity index is 1.51. The molecule has 1 aromatic carbocycles. The van der Waals surface area contributed by atoms with Gasteiger partial charge in [-0.1, -0.05) is 51.7 Å². The summed E-state index contributed by atoms with van der Waals surface area (Å²) in [5, 5.41) is 7.46. The average molecular weight is 355 g/mol. The molecule has 5 heteroatoms. The Morgan fingerprint density at radius 3 is 2.50 bits per heavy atom. The van der Waals surface area contributed by atoms with E-state index in [1.54, 1.807) is 16.9 Å². The summed E-state index contributed by atoms with van der Waals surface area (Å²) in [6.45, 7) is 4.63. The third-order valence-electron chi connectivity index (χ3n) is 4.97. The predicted octanol–water partition coefficient (Wildman–Crippen LogP) is 4.50. The normalized spacial score (nSPS) is 15.7. The zero-order valence-corrected chi connectivity index (χ0v) is 15.8. The standard InChI is InChI=1S/C21H29N3O2/c1-16(2)17-9-11-19(12-10-17)26-15-24-14-13-20(23-24)21(25)22-18-7-5-3-4-6-8-18/h9-14,16,18H,3-8,15H2,1-2H3,(H,22,25). The van der Waals surface area contributed by atoms with Crippen molar-refractivity contribution in [2.24, 2.45) is 0 Å². The van der Waals surface area contributed by atoms with Crippen molar-refractivity contribution in [1.29, 1.82) is 0 Å². The van der Waals surface area contributed by atoms with Gasteiger partial charge in [-0.15, -0.1) is 0 Å². The fraction of sp³-hybridized carbons (Fsp3) is 0.524. The number of hydrogen-bond acceptors (Lipinski definition) is 3. The SMILES string of the molecule is CC(C)c1ccc(OCn2ccc(C(=O)NC3CCCCCC3)n2)cc1. The van der Waals surface area contributed by atoms with E-state index in [0.717, 1.165) is 18.6 Å². The van der Waals surface area contributed by atoms with Gasteiger partial charge in [0.1, 0.15) is 11.4 Å². The lowest BCUT2D eigenvalue weighted by molar-refractivity contribution is 0.0926. The number of carbonyl (C=O) groups excluding carboxylic acids is 1. The highest BCUT2D eigenvalue weighted by Gasteiger charge is 2.17. The minimum absolute atomic E-state index is 0.0862. The first kappa shape index (κ1) is 18.5. The van der Waals surface area contributed by atoms with Gasteiger partial charge < -0.3 is 10.1 Å². The average Bonchev–Trinajstić information content (AvgIpc) is 2.98. The van der Waals surface area contributed by atoms with Gasteiger partial charge in [-0.3, -0.25) is 4.79 Å². The molecule has 2 aromatic rings. The summed E-state index contributed by atoms with van der Waals surface area (Å²) in [4.78, 5) is 12.4. The number of ether oxygens (including phenoxy) is 1. The summed E-state index contributed by atoms with van der Waals surface area (Å²) < 4.78 is 7.41. The van der Waals surface area contributed by atoms with E-state index in [1.165, 1.54) is 31.2 Å². The Labute approximate surface area is 155 Å². The quantitative estimate of drug-likeness (QED) is 0.777. The highest BCUT2D eigenvalue weighted by molar-refractivity contribution is 5.92. The molecule has 1 amide bonds. The second kappa shape index (κ2) is 8.88. The van der Waals surface area contributed by atoms with Crippen molar-refractivity contribution in [2.75, 3.05) is 0 Å². The number of nitrogens with zero attached hydrogens (tertiary/aromatic N) is 2. The molecule has 1 fully saturated rings. The second-order valence-corrected chi connectivity index (χ2v) is 7.40. The maximum atomic E-state index is 12.4. The van der Waals surface area contributed by atoms with Crippen LogP contribution in [-0.2, 0) is 6.73 Å². The van der Waals surface area contributed by atoms with Gasteiger partial charge in [0.05, 0.1) is 0 Å². The Hall–Kier alpha value is -2.30. The number of aromatic nitrogens is 2. The molecule has 26 heavy (non-hydrogen) atoms. The van der Waals surface area contributed by atoms with Crippen molar-refractivity contribution in [3.8, 4) is 5.75 Å². The third-order valence-corrected chi connectivity index (χ3v) is 4.97. The van der Waals surface area contributed by atoms with Crippen LogP contribution in [0, 0.1) is 0 Å². The molecule has 1 aliphatic carbocycles. The van der Waals surface area contributed by atoms with Crippen LogP contribution in [0.25, 0.3) is 0 Å². The van der Waals surface area contributed by atoms with Crippen LogP contribution in [0.15, 0.2) is 36.5 Å². The lowest BCUT2D eigenvalue weighted by Gasteiger charge is -2.15. The maximum Gasteiger partial charge on any atom is 0.271 e. The molecular formula is C21H29N3O2. The summed E-state index contributed by atoms with van der Waals surface area (Å²) in [7, 11) is 0. The number of carbonyl (C=O) groups is 1. The van der Waals surface area contributed by atoms with E-state index in [1.807, 2.05) is 12.1 Å². The van der Waals surface area contributed by atoms with E-state index in [-0.39, 0.29) is 18.7 Å². The van der Waals surface area contributed by atoms with Crippen LogP contribution < -0.4 is 10.1 Å².